The largest absolute Gasteiger partial charge is 0.0853 e. The Balaban J connectivity index is 2.11. The van der Waals surface area contributed by atoms with Gasteiger partial charge >= 0.3 is 0 Å². The highest BCUT2D eigenvalue weighted by Gasteiger charge is 2.05. The Morgan fingerprint density at radius 3 is 2.62 bits per heavy atom. The van der Waals surface area contributed by atoms with Crippen molar-refractivity contribution in [1.82, 2.24) is 0 Å². The Labute approximate surface area is 51.6 Å². The van der Waals surface area contributed by atoms with Gasteiger partial charge in [0.1, 0.15) is 0 Å². The zero-order valence-electron chi connectivity index (χ0n) is 5.61. The molecule has 0 saturated heterocycles. The molecule has 0 atom stereocenters. The molecule has 1 fully saturated rings. The molecule has 0 aromatic rings. The van der Waals surface area contributed by atoms with Gasteiger partial charge in [0.25, 0.3) is 0 Å². The first-order chi connectivity index (χ1) is 3.93. The SMILES string of the molecule is CCCC=C1CCC1. The lowest BCUT2D eigenvalue weighted by molar-refractivity contribution is 0.654. The second-order valence-electron chi connectivity index (χ2n) is 2.50. The minimum absolute atomic E-state index is 1.30. The maximum Gasteiger partial charge on any atom is -0.0317 e. The highest BCUT2D eigenvalue weighted by molar-refractivity contribution is 5.08. The van der Waals surface area contributed by atoms with E-state index in [0.29, 0.717) is 0 Å². The van der Waals surface area contributed by atoms with Gasteiger partial charge < -0.3 is 0 Å². The molecule has 46 valence electrons. The minimum Gasteiger partial charge on any atom is -0.0853 e. The van der Waals surface area contributed by atoms with Crippen molar-refractivity contribution in [1.29, 1.82) is 0 Å². The van der Waals surface area contributed by atoms with Crippen molar-refractivity contribution >= 4 is 0 Å². The van der Waals surface area contributed by atoms with E-state index >= 15 is 0 Å². The van der Waals surface area contributed by atoms with E-state index < -0.39 is 0 Å². The molecule has 0 aromatic carbocycles. The van der Waals surface area contributed by atoms with Crippen LogP contribution in [0.15, 0.2) is 11.6 Å². The molecule has 0 spiro atoms. The summed E-state index contributed by atoms with van der Waals surface area (Å²) in [7, 11) is 0. The first-order valence-corrected chi connectivity index (χ1v) is 3.61. The average Bonchev–Trinajstić information content (AvgIpc) is 1.63. The Hall–Kier alpha value is -0.260. The molecule has 0 bridgehead atoms. The number of allylic oxidation sites excluding steroid dienone is 2. The molecule has 0 aromatic heterocycles. The van der Waals surface area contributed by atoms with E-state index in [0.717, 1.165) is 0 Å². The summed E-state index contributed by atoms with van der Waals surface area (Å²) in [5, 5.41) is 0. The number of hydrogen-bond acceptors (Lipinski definition) is 0. The minimum atomic E-state index is 1.30. The smallest absolute Gasteiger partial charge is 0.0317 e. The summed E-state index contributed by atoms with van der Waals surface area (Å²) in [5.41, 5.74) is 1.70. The van der Waals surface area contributed by atoms with Gasteiger partial charge in [0, 0.05) is 0 Å². The zero-order chi connectivity index (χ0) is 5.82. The molecule has 0 unspecified atom stereocenters. The molecule has 0 heteroatoms. The van der Waals surface area contributed by atoms with Gasteiger partial charge in [0.15, 0.2) is 0 Å². The Morgan fingerprint density at radius 1 is 1.50 bits per heavy atom. The van der Waals surface area contributed by atoms with Gasteiger partial charge in [-0.15, -0.1) is 0 Å². The van der Waals surface area contributed by atoms with Crippen LogP contribution in [0.4, 0.5) is 0 Å². The Bertz CT molecular complexity index is 84.2. The lowest BCUT2D eigenvalue weighted by Gasteiger charge is -2.15. The topological polar surface area (TPSA) is 0 Å². The molecular weight excluding hydrogens is 96.1 g/mol. The molecule has 8 heavy (non-hydrogen) atoms. The van der Waals surface area contributed by atoms with E-state index in [4.69, 9.17) is 0 Å². The molecule has 0 aliphatic heterocycles. The summed E-state index contributed by atoms with van der Waals surface area (Å²) in [6, 6.07) is 0. The second kappa shape index (κ2) is 2.91. The monoisotopic (exact) mass is 110 g/mol. The van der Waals surface area contributed by atoms with Crippen molar-refractivity contribution in [2.24, 2.45) is 0 Å². The zero-order valence-corrected chi connectivity index (χ0v) is 5.61. The van der Waals surface area contributed by atoms with Crippen LogP contribution in [-0.2, 0) is 0 Å². The fourth-order valence-electron chi connectivity index (χ4n) is 0.933. The van der Waals surface area contributed by atoms with E-state index in [1.54, 1.807) is 5.57 Å². The van der Waals surface area contributed by atoms with Crippen LogP contribution in [0.25, 0.3) is 0 Å². The van der Waals surface area contributed by atoms with Crippen molar-refractivity contribution in [3.05, 3.63) is 11.6 Å². The van der Waals surface area contributed by atoms with Gasteiger partial charge in [-0.1, -0.05) is 25.0 Å². The summed E-state index contributed by atoms with van der Waals surface area (Å²) in [6.07, 6.45) is 9.23. The van der Waals surface area contributed by atoms with Crippen molar-refractivity contribution < 1.29 is 0 Å². The van der Waals surface area contributed by atoms with Gasteiger partial charge in [0.2, 0.25) is 0 Å². The summed E-state index contributed by atoms with van der Waals surface area (Å²) in [4.78, 5) is 0. The Morgan fingerprint density at radius 2 is 2.25 bits per heavy atom. The standard InChI is InChI=1S/C8H14/c1-2-3-5-8-6-4-7-8/h5H,2-4,6-7H2,1H3. The molecule has 1 aliphatic rings. The highest BCUT2D eigenvalue weighted by Crippen LogP contribution is 2.25. The van der Waals surface area contributed by atoms with Crippen LogP contribution in [0, 0.1) is 0 Å². The maximum atomic E-state index is 2.41. The van der Waals surface area contributed by atoms with Gasteiger partial charge in [-0.05, 0) is 25.7 Å². The van der Waals surface area contributed by atoms with Crippen LogP contribution in [0.5, 0.6) is 0 Å². The molecule has 1 saturated carbocycles. The maximum absolute atomic E-state index is 2.41. The molecule has 0 nitrogen and oxygen atoms in total. The number of rotatable bonds is 2. The van der Waals surface area contributed by atoms with Gasteiger partial charge in [-0.25, -0.2) is 0 Å². The third kappa shape index (κ3) is 1.36. The van der Waals surface area contributed by atoms with Crippen molar-refractivity contribution in [3.8, 4) is 0 Å². The molecular formula is C8H14. The van der Waals surface area contributed by atoms with Crippen LogP contribution in [0.1, 0.15) is 39.0 Å². The first-order valence-electron chi connectivity index (χ1n) is 3.61. The highest BCUT2D eigenvalue weighted by atomic mass is 14.1. The number of unbranched alkanes of at least 4 members (excludes halogenated alkanes) is 1. The second-order valence-corrected chi connectivity index (χ2v) is 2.50. The van der Waals surface area contributed by atoms with Gasteiger partial charge in [-0.2, -0.15) is 0 Å². The van der Waals surface area contributed by atoms with Crippen molar-refractivity contribution in [2.45, 2.75) is 39.0 Å². The van der Waals surface area contributed by atoms with Crippen LogP contribution in [0.2, 0.25) is 0 Å². The molecule has 1 rings (SSSR count). The van der Waals surface area contributed by atoms with E-state index in [2.05, 4.69) is 13.0 Å². The van der Waals surface area contributed by atoms with Crippen molar-refractivity contribution in [2.75, 3.05) is 0 Å². The van der Waals surface area contributed by atoms with Crippen LogP contribution in [0.3, 0.4) is 0 Å². The summed E-state index contributed by atoms with van der Waals surface area (Å²) in [6.45, 7) is 2.23. The summed E-state index contributed by atoms with van der Waals surface area (Å²) < 4.78 is 0. The molecule has 0 heterocycles. The number of hydrogen-bond donors (Lipinski definition) is 0. The van der Waals surface area contributed by atoms with Gasteiger partial charge in [0.05, 0.1) is 0 Å². The van der Waals surface area contributed by atoms with Gasteiger partial charge in [-0.3, -0.25) is 0 Å². The van der Waals surface area contributed by atoms with E-state index in [1.165, 1.54) is 32.1 Å². The third-order valence-electron chi connectivity index (χ3n) is 1.72. The van der Waals surface area contributed by atoms with Crippen LogP contribution < -0.4 is 0 Å². The first kappa shape index (κ1) is 5.87. The normalized spacial score (nSPS) is 17.9. The quantitative estimate of drug-likeness (QED) is 0.479. The lowest BCUT2D eigenvalue weighted by Crippen LogP contribution is -1.95. The molecule has 0 N–H and O–H groups in total. The van der Waals surface area contributed by atoms with Crippen LogP contribution in [-0.4, -0.2) is 0 Å². The Kier molecular flexibility index (Phi) is 2.13. The van der Waals surface area contributed by atoms with Crippen LogP contribution >= 0.6 is 0 Å². The predicted octanol–water partition coefficient (Wildman–Crippen LogP) is 2.90. The third-order valence-corrected chi connectivity index (χ3v) is 1.72. The predicted molar refractivity (Wildman–Crippen MR) is 36.8 cm³/mol. The summed E-state index contributed by atoms with van der Waals surface area (Å²) >= 11 is 0. The van der Waals surface area contributed by atoms with E-state index in [-0.39, 0.29) is 0 Å². The summed E-state index contributed by atoms with van der Waals surface area (Å²) in [5.74, 6) is 0. The lowest BCUT2D eigenvalue weighted by atomic mass is 9.91. The molecule has 1 aliphatic carbocycles. The van der Waals surface area contributed by atoms with Crippen molar-refractivity contribution in [3.63, 3.8) is 0 Å². The fraction of sp³-hybridized carbons (Fsp3) is 0.750. The van der Waals surface area contributed by atoms with E-state index in [9.17, 15) is 0 Å². The van der Waals surface area contributed by atoms with E-state index in [1.807, 2.05) is 0 Å². The molecule has 0 radical (unpaired) electrons. The fourth-order valence-corrected chi connectivity index (χ4v) is 0.933. The molecule has 0 amide bonds. The average molecular weight is 110 g/mol.